The number of esters is 1. The van der Waals surface area contributed by atoms with Crippen molar-refractivity contribution >= 4 is 35.2 Å². The lowest BCUT2D eigenvalue weighted by Gasteiger charge is -2.17. The van der Waals surface area contributed by atoms with Crippen molar-refractivity contribution in [3.05, 3.63) is 61.3 Å². The molecule has 160 valence electrons. The summed E-state index contributed by atoms with van der Waals surface area (Å²) in [4.78, 5) is 59.9. The number of ether oxygens (including phenoxy) is 1. The highest BCUT2D eigenvalue weighted by atomic mass is 35.5. The number of hydrogen-bond donors (Lipinski definition) is 3. The van der Waals surface area contributed by atoms with Crippen LogP contribution in [0.4, 0.5) is 10.6 Å². The number of rotatable bonds is 7. The summed E-state index contributed by atoms with van der Waals surface area (Å²) in [5.41, 5.74) is 9.33. The van der Waals surface area contributed by atoms with Crippen LogP contribution in [0.25, 0.3) is 0 Å². The summed E-state index contributed by atoms with van der Waals surface area (Å²) in [7, 11) is 2.49. The van der Waals surface area contributed by atoms with Crippen molar-refractivity contribution in [1.29, 1.82) is 0 Å². The first kappa shape index (κ1) is 22.7. The second kappa shape index (κ2) is 9.27. The Morgan fingerprint density at radius 2 is 1.73 bits per heavy atom. The van der Waals surface area contributed by atoms with Crippen LogP contribution in [0.3, 0.4) is 0 Å². The molecule has 12 heteroatoms. The van der Waals surface area contributed by atoms with Gasteiger partial charge < -0.3 is 21.5 Å². The maximum absolute atomic E-state index is 12.4. The Morgan fingerprint density at radius 1 is 1.13 bits per heavy atom. The smallest absolute Gasteiger partial charge is 0.332 e. The van der Waals surface area contributed by atoms with Gasteiger partial charge in [0.25, 0.3) is 5.56 Å². The molecule has 0 unspecified atom stereocenters. The van der Waals surface area contributed by atoms with Gasteiger partial charge in [-0.2, -0.15) is 0 Å². The minimum Gasteiger partial charge on any atom is -0.457 e. The number of nitrogens with zero attached hydrogens (tertiary/aromatic N) is 2. The number of carbonyl (C=O) groups excluding carboxylic acids is 3. The summed E-state index contributed by atoms with van der Waals surface area (Å²) in [5, 5.41) is 2.86. The number of aromatic nitrogens is 2. The van der Waals surface area contributed by atoms with Crippen molar-refractivity contribution in [2.24, 2.45) is 19.8 Å². The van der Waals surface area contributed by atoms with Crippen LogP contribution in [-0.4, -0.2) is 33.5 Å². The number of nitrogens with two attached hydrogens (primary N) is 2. The molecule has 0 saturated heterocycles. The molecular weight excluding hydrogens is 418 g/mol. The molecule has 5 N–H and O–H groups in total. The number of anilines is 1. The lowest BCUT2D eigenvalue weighted by atomic mass is 10.0. The van der Waals surface area contributed by atoms with Gasteiger partial charge in [-0.15, -0.1) is 0 Å². The second-order valence-electron chi connectivity index (χ2n) is 6.37. The van der Waals surface area contributed by atoms with Crippen LogP contribution in [0, 0.1) is 0 Å². The summed E-state index contributed by atoms with van der Waals surface area (Å²) >= 11 is 5.83. The van der Waals surface area contributed by atoms with Crippen LogP contribution in [0.2, 0.25) is 5.02 Å². The molecule has 0 fully saturated rings. The number of amides is 2. The zero-order valence-corrected chi connectivity index (χ0v) is 16.9. The molecule has 1 atom stereocenters. The average molecular weight is 438 g/mol. The molecule has 11 nitrogen and oxygen atoms in total. The molecule has 1 aromatic heterocycles. The van der Waals surface area contributed by atoms with Gasteiger partial charge in [0.2, 0.25) is 5.78 Å². The van der Waals surface area contributed by atoms with E-state index in [1.807, 2.05) is 0 Å². The third-order valence-electron chi connectivity index (χ3n) is 4.31. The number of Topliss-reactive ketones (excluding diaryl/α,β-unsaturated/α-hetero) is 1. The molecule has 0 aliphatic heterocycles. The number of nitrogen functional groups attached to an aromatic ring is 1. The van der Waals surface area contributed by atoms with E-state index in [-0.39, 0.29) is 12.2 Å². The molecule has 0 spiro atoms. The number of urea groups is 1. The van der Waals surface area contributed by atoms with E-state index in [0.29, 0.717) is 10.6 Å². The molecule has 0 aliphatic rings. The van der Waals surface area contributed by atoms with E-state index in [1.54, 1.807) is 24.3 Å². The third kappa shape index (κ3) is 5.06. The van der Waals surface area contributed by atoms with E-state index < -0.39 is 47.2 Å². The Bertz CT molecular complexity index is 1110. The van der Waals surface area contributed by atoms with E-state index in [0.717, 1.165) is 9.13 Å². The van der Waals surface area contributed by atoms with Gasteiger partial charge in [0.05, 0.1) is 12.5 Å². The quantitative estimate of drug-likeness (QED) is 0.399. The molecule has 0 bridgehead atoms. The average Bonchev–Trinajstić information content (AvgIpc) is 2.69. The Balaban J connectivity index is 2.13. The molecule has 0 saturated carbocycles. The van der Waals surface area contributed by atoms with Gasteiger partial charge in [-0.3, -0.25) is 23.5 Å². The predicted octanol–water partition coefficient (Wildman–Crippen LogP) is -0.155. The Kier molecular flexibility index (Phi) is 7.01. The number of carbonyl (C=O) groups is 3. The largest absolute Gasteiger partial charge is 0.457 e. The Morgan fingerprint density at radius 3 is 2.30 bits per heavy atom. The summed E-state index contributed by atoms with van der Waals surface area (Å²) in [6, 6.07) is 4.64. The van der Waals surface area contributed by atoms with Gasteiger partial charge in [0, 0.05) is 19.1 Å². The zero-order chi connectivity index (χ0) is 22.6. The zero-order valence-electron chi connectivity index (χ0n) is 16.2. The minimum atomic E-state index is -0.897. The summed E-state index contributed by atoms with van der Waals surface area (Å²) in [6.45, 7) is -0.777. The fourth-order valence-corrected chi connectivity index (χ4v) is 2.81. The van der Waals surface area contributed by atoms with E-state index in [4.69, 9.17) is 27.8 Å². The van der Waals surface area contributed by atoms with E-state index >= 15 is 0 Å². The summed E-state index contributed by atoms with van der Waals surface area (Å²) in [6.07, 6.45) is -0.335. The number of ketones is 1. The second-order valence-corrected chi connectivity index (χ2v) is 6.80. The van der Waals surface area contributed by atoms with E-state index in [2.05, 4.69) is 5.32 Å². The van der Waals surface area contributed by atoms with Crippen LogP contribution in [0.5, 0.6) is 0 Å². The number of nitrogens with one attached hydrogen (secondary N) is 1. The first-order valence-corrected chi connectivity index (χ1v) is 8.96. The molecular formula is C18H20ClN5O6. The molecule has 0 aliphatic carbocycles. The van der Waals surface area contributed by atoms with E-state index in [9.17, 15) is 24.0 Å². The standard InChI is InChI=1S/C18H20ClN5O6/c1-23-15(20)14(16(27)24(2)18(23)29)12(25)8-30-13(26)7-11(22-17(21)28)9-3-5-10(19)6-4-9/h3-6,11H,7-8,20H2,1-2H3,(H3,21,22,28)/t11-/m1/s1. The van der Waals surface area contributed by atoms with Crippen molar-refractivity contribution < 1.29 is 19.1 Å². The van der Waals surface area contributed by atoms with Gasteiger partial charge in [0.15, 0.2) is 6.61 Å². The van der Waals surface area contributed by atoms with Crippen molar-refractivity contribution in [1.82, 2.24) is 14.5 Å². The van der Waals surface area contributed by atoms with Gasteiger partial charge >= 0.3 is 17.7 Å². The lowest BCUT2D eigenvalue weighted by molar-refractivity contribution is -0.143. The third-order valence-corrected chi connectivity index (χ3v) is 4.56. The molecule has 2 aromatic rings. The van der Waals surface area contributed by atoms with Crippen molar-refractivity contribution in [2.45, 2.75) is 12.5 Å². The van der Waals surface area contributed by atoms with Crippen LogP contribution in [-0.2, 0) is 23.6 Å². The van der Waals surface area contributed by atoms with Crippen molar-refractivity contribution in [2.75, 3.05) is 12.3 Å². The number of hydrogen-bond acceptors (Lipinski definition) is 7. The van der Waals surface area contributed by atoms with Crippen LogP contribution in [0.1, 0.15) is 28.4 Å². The number of primary amides is 1. The SMILES string of the molecule is Cn1c(N)c(C(=O)COC(=O)C[C@@H](NC(N)=O)c2ccc(Cl)cc2)c(=O)n(C)c1=O. The van der Waals surface area contributed by atoms with Crippen molar-refractivity contribution in [3.8, 4) is 0 Å². The topological polar surface area (TPSA) is 169 Å². The van der Waals surface area contributed by atoms with Gasteiger partial charge in [-0.25, -0.2) is 9.59 Å². The first-order valence-electron chi connectivity index (χ1n) is 8.58. The monoisotopic (exact) mass is 437 g/mol. The fourth-order valence-electron chi connectivity index (χ4n) is 2.68. The Labute approximate surface area is 175 Å². The summed E-state index contributed by atoms with van der Waals surface area (Å²) < 4.78 is 6.59. The maximum Gasteiger partial charge on any atom is 0.332 e. The highest BCUT2D eigenvalue weighted by Crippen LogP contribution is 2.20. The highest BCUT2D eigenvalue weighted by Gasteiger charge is 2.23. The molecule has 1 heterocycles. The fraction of sp³-hybridized carbons (Fsp3) is 0.278. The van der Waals surface area contributed by atoms with Gasteiger partial charge in [0.1, 0.15) is 11.4 Å². The number of benzene rings is 1. The minimum absolute atomic E-state index is 0.335. The normalized spacial score (nSPS) is 11.6. The van der Waals surface area contributed by atoms with Crippen LogP contribution < -0.4 is 28.0 Å². The van der Waals surface area contributed by atoms with Gasteiger partial charge in [-0.05, 0) is 17.7 Å². The summed E-state index contributed by atoms with van der Waals surface area (Å²) in [5.74, 6) is -2.04. The predicted molar refractivity (Wildman–Crippen MR) is 108 cm³/mol. The molecule has 0 radical (unpaired) electrons. The highest BCUT2D eigenvalue weighted by molar-refractivity contribution is 6.30. The molecule has 2 amide bonds. The molecule has 1 aromatic carbocycles. The van der Waals surface area contributed by atoms with E-state index in [1.165, 1.54) is 14.1 Å². The van der Waals surface area contributed by atoms with Crippen molar-refractivity contribution in [3.63, 3.8) is 0 Å². The molecule has 30 heavy (non-hydrogen) atoms. The first-order chi connectivity index (χ1) is 14.0. The van der Waals surface area contributed by atoms with Crippen LogP contribution in [0.15, 0.2) is 33.9 Å². The Hall–Kier alpha value is -3.60. The van der Waals surface area contributed by atoms with Gasteiger partial charge in [-0.1, -0.05) is 23.7 Å². The maximum atomic E-state index is 12.4. The number of halogens is 1. The molecule has 2 rings (SSSR count). The van der Waals surface area contributed by atoms with Crippen LogP contribution >= 0.6 is 11.6 Å². The lowest BCUT2D eigenvalue weighted by Crippen LogP contribution is -2.42.